The van der Waals surface area contributed by atoms with Crippen molar-refractivity contribution in [3.8, 4) is 0 Å². The second-order valence-corrected chi connectivity index (χ2v) is 3.97. The smallest absolute Gasteiger partial charge is 0.00951 e. The van der Waals surface area contributed by atoms with Gasteiger partial charge in [-0.05, 0) is 32.7 Å². The summed E-state index contributed by atoms with van der Waals surface area (Å²) in [6.45, 7) is 10.6. The lowest BCUT2D eigenvalue weighted by Gasteiger charge is -2.24. The van der Waals surface area contributed by atoms with Crippen LogP contribution in [0.4, 0.5) is 0 Å². The first-order valence-corrected chi connectivity index (χ1v) is 5.47. The average Bonchev–Trinajstić information content (AvgIpc) is 2.11. The molecular weight excluding hydrogens is 158 g/mol. The summed E-state index contributed by atoms with van der Waals surface area (Å²) in [5.41, 5.74) is 1.30. The zero-order chi connectivity index (χ0) is 10.3. The van der Waals surface area contributed by atoms with Crippen LogP contribution in [0.5, 0.6) is 0 Å². The van der Waals surface area contributed by atoms with Crippen molar-refractivity contribution >= 4 is 0 Å². The largest absolute Gasteiger partial charge is 0.317 e. The van der Waals surface area contributed by atoms with Gasteiger partial charge in [0.25, 0.3) is 0 Å². The molecule has 0 bridgehead atoms. The van der Waals surface area contributed by atoms with Gasteiger partial charge >= 0.3 is 0 Å². The molecule has 0 aliphatic rings. The van der Waals surface area contributed by atoms with E-state index in [9.17, 15) is 0 Å². The van der Waals surface area contributed by atoms with E-state index < -0.39 is 0 Å². The Morgan fingerprint density at radius 2 is 1.85 bits per heavy atom. The molecule has 0 aromatic rings. The van der Waals surface area contributed by atoms with Crippen LogP contribution in [0.2, 0.25) is 0 Å². The molecule has 0 fully saturated rings. The summed E-state index contributed by atoms with van der Waals surface area (Å²) >= 11 is 0. The minimum atomic E-state index is 0.673. The molecule has 78 valence electrons. The van der Waals surface area contributed by atoms with E-state index in [1.165, 1.54) is 24.8 Å². The van der Waals surface area contributed by atoms with Gasteiger partial charge in [0.15, 0.2) is 0 Å². The molecular formula is C12H25N. The number of hydrogen-bond acceptors (Lipinski definition) is 1. The minimum absolute atomic E-state index is 0.673. The fourth-order valence-corrected chi connectivity index (χ4v) is 1.88. The fraction of sp³-hybridized carbons (Fsp3) is 0.833. The van der Waals surface area contributed by atoms with Crippen LogP contribution in [0.25, 0.3) is 0 Å². The monoisotopic (exact) mass is 183 g/mol. The molecule has 0 saturated heterocycles. The lowest BCUT2D eigenvalue weighted by molar-refractivity contribution is 0.334. The van der Waals surface area contributed by atoms with Crippen molar-refractivity contribution in [1.29, 1.82) is 0 Å². The molecule has 0 aliphatic heterocycles. The molecule has 0 amide bonds. The molecule has 1 heteroatoms. The van der Waals surface area contributed by atoms with Crippen LogP contribution >= 0.6 is 0 Å². The van der Waals surface area contributed by atoms with Gasteiger partial charge in [-0.15, -0.1) is 6.58 Å². The first-order chi connectivity index (χ1) is 6.15. The molecule has 0 aromatic carbocycles. The lowest BCUT2D eigenvalue weighted by Crippen LogP contribution is -2.33. The Morgan fingerprint density at radius 3 is 2.15 bits per heavy atom. The van der Waals surface area contributed by atoms with Crippen LogP contribution in [0.15, 0.2) is 12.2 Å². The van der Waals surface area contributed by atoms with Crippen molar-refractivity contribution in [1.82, 2.24) is 5.32 Å². The molecule has 0 aliphatic carbocycles. The first-order valence-electron chi connectivity index (χ1n) is 5.47. The van der Waals surface area contributed by atoms with E-state index in [0.717, 1.165) is 12.3 Å². The number of nitrogens with one attached hydrogen (secondary N) is 1. The predicted octanol–water partition coefficient (Wildman–Crippen LogP) is 3.37. The van der Waals surface area contributed by atoms with E-state index in [4.69, 9.17) is 0 Å². The molecule has 0 rings (SSSR count). The van der Waals surface area contributed by atoms with E-state index >= 15 is 0 Å². The van der Waals surface area contributed by atoms with Crippen molar-refractivity contribution in [3.63, 3.8) is 0 Å². The van der Waals surface area contributed by atoms with E-state index in [1.54, 1.807) is 0 Å². The summed E-state index contributed by atoms with van der Waals surface area (Å²) in [6, 6.07) is 0.673. The van der Waals surface area contributed by atoms with E-state index in [0.29, 0.717) is 6.04 Å². The molecule has 13 heavy (non-hydrogen) atoms. The number of allylic oxidation sites excluding steroid dienone is 1. The van der Waals surface area contributed by atoms with Crippen LogP contribution < -0.4 is 5.32 Å². The molecule has 1 atom stereocenters. The summed E-state index contributed by atoms with van der Waals surface area (Å²) < 4.78 is 0. The summed E-state index contributed by atoms with van der Waals surface area (Å²) in [7, 11) is 2.07. The highest BCUT2D eigenvalue weighted by Gasteiger charge is 2.15. The molecule has 1 nitrogen and oxygen atoms in total. The number of hydrogen-bond donors (Lipinski definition) is 1. The van der Waals surface area contributed by atoms with Crippen molar-refractivity contribution in [2.45, 2.75) is 52.5 Å². The van der Waals surface area contributed by atoms with Crippen molar-refractivity contribution in [2.24, 2.45) is 5.92 Å². The van der Waals surface area contributed by atoms with Crippen LogP contribution in [-0.4, -0.2) is 13.1 Å². The topological polar surface area (TPSA) is 12.0 Å². The van der Waals surface area contributed by atoms with E-state index in [2.05, 4.69) is 39.7 Å². The van der Waals surface area contributed by atoms with Crippen molar-refractivity contribution in [3.05, 3.63) is 12.2 Å². The van der Waals surface area contributed by atoms with Crippen LogP contribution in [0, 0.1) is 5.92 Å². The van der Waals surface area contributed by atoms with Crippen LogP contribution in [-0.2, 0) is 0 Å². The third-order valence-electron chi connectivity index (χ3n) is 2.87. The Kier molecular flexibility index (Phi) is 6.97. The number of rotatable bonds is 7. The molecule has 0 saturated carbocycles. The van der Waals surface area contributed by atoms with Gasteiger partial charge in [0.1, 0.15) is 0 Å². The predicted molar refractivity (Wildman–Crippen MR) is 61.0 cm³/mol. The van der Waals surface area contributed by atoms with Crippen molar-refractivity contribution in [2.75, 3.05) is 7.05 Å². The molecule has 1 N–H and O–H groups in total. The second-order valence-electron chi connectivity index (χ2n) is 3.97. The first kappa shape index (κ1) is 12.7. The highest BCUT2D eigenvalue weighted by atomic mass is 14.9. The van der Waals surface area contributed by atoms with Gasteiger partial charge in [-0.3, -0.25) is 0 Å². The molecule has 0 spiro atoms. The Balaban J connectivity index is 3.92. The second kappa shape index (κ2) is 7.14. The Bertz CT molecular complexity index is 136. The highest BCUT2D eigenvalue weighted by molar-refractivity contribution is 4.90. The average molecular weight is 183 g/mol. The fourth-order valence-electron chi connectivity index (χ4n) is 1.88. The normalized spacial score (nSPS) is 13.3. The van der Waals surface area contributed by atoms with Gasteiger partial charge in [0, 0.05) is 6.04 Å². The van der Waals surface area contributed by atoms with Gasteiger partial charge in [-0.1, -0.05) is 32.3 Å². The van der Waals surface area contributed by atoms with E-state index in [-0.39, 0.29) is 0 Å². The third-order valence-corrected chi connectivity index (χ3v) is 2.87. The molecule has 0 aromatic heterocycles. The maximum absolute atomic E-state index is 3.94. The Labute approximate surface area is 83.6 Å². The lowest BCUT2D eigenvalue weighted by atomic mass is 9.90. The standard InChI is InChI=1S/C12H25N/c1-6-11(7-2)12(13-5)9-8-10(3)4/h11-13H,3,6-9H2,1-2,4-5H3. The molecule has 0 radical (unpaired) electrons. The third kappa shape index (κ3) is 5.09. The highest BCUT2D eigenvalue weighted by Crippen LogP contribution is 2.18. The molecule has 0 heterocycles. The maximum atomic E-state index is 3.94. The maximum Gasteiger partial charge on any atom is 0.00951 e. The Hall–Kier alpha value is -0.300. The van der Waals surface area contributed by atoms with Gasteiger partial charge in [-0.25, -0.2) is 0 Å². The zero-order valence-electron chi connectivity index (χ0n) is 9.69. The van der Waals surface area contributed by atoms with E-state index in [1.807, 2.05) is 0 Å². The SMILES string of the molecule is C=C(C)CCC(NC)C(CC)CC. The minimum Gasteiger partial charge on any atom is -0.317 e. The Morgan fingerprint density at radius 1 is 1.31 bits per heavy atom. The summed E-state index contributed by atoms with van der Waals surface area (Å²) in [6.07, 6.45) is 4.94. The summed E-state index contributed by atoms with van der Waals surface area (Å²) in [4.78, 5) is 0. The van der Waals surface area contributed by atoms with Crippen LogP contribution in [0.1, 0.15) is 46.5 Å². The van der Waals surface area contributed by atoms with Crippen LogP contribution in [0.3, 0.4) is 0 Å². The van der Waals surface area contributed by atoms with Gasteiger partial charge in [0.2, 0.25) is 0 Å². The quantitative estimate of drug-likeness (QED) is 0.597. The van der Waals surface area contributed by atoms with Gasteiger partial charge < -0.3 is 5.32 Å². The van der Waals surface area contributed by atoms with Gasteiger partial charge in [0.05, 0.1) is 0 Å². The summed E-state index contributed by atoms with van der Waals surface area (Å²) in [5.74, 6) is 0.823. The zero-order valence-corrected chi connectivity index (χ0v) is 9.69. The molecule has 1 unspecified atom stereocenters. The van der Waals surface area contributed by atoms with Crippen molar-refractivity contribution < 1.29 is 0 Å². The summed E-state index contributed by atoms with van der Waals surface area (Å²) in [5, 5.41) is 3.42. The van der Waals surface area contributed by atoms with Gasteiger partial charge in [-0.2, -0.15) is 0 Å².